The molecule has 3 atom stereocenters. The molecule has 210 valence electrons. The Morgan fingerprint density at radius 3 is 2.49 bits per heavy atom. The molecular formula is C31H27ClN2O7. The molecule has 0 fully saturated rings. The molecule has 2 aliphatic heterocycles. The lowest BCUT2D eigenvalue weighted by Gasteiger charge is -2.41. The number of hydrogen-bond acceptors (Lipinski definition) is 8. The minimum Gasteiger partial charge on any atom is -0.496 e. The fourth-order valence-corrected chi connectivity index (χ4v) is 6.26. The number of Topliss-reactive ketones (excluding diaryl/α,β-unsaturated/α-hetero) is 2. The van der Waals surface area contributed by atoms with E-state index in [0.29, 0.717) is 22.6 Å². The third-order valence-corrected chi connectivity index (χ3v) is 8.31. The van der Waals surface area contributed by atoms with Crippen LogP contribution in [0.1, 0.15) is 47.3 Å². The standard InChI is InChI=1S/C31H27ClN2O7/c1-16-12-20-25(29(36)31(16)30(37)26-22(38-2)14-23(39-3)27(32)28(26)41-31)19(13-24(35)34-20)18-9-4-5-10-21(18)40-15-17-8-6-7-11-33-17/h4-11,14,16,19H,12-13,15H2,1-3H3,(H,34,35)/t16-,19+,31+/m1/s1. The van der Waals surface area contributed by atoms with Gasteiger partial charge in [-0.2, -0.15) is 0 Å². The minimum absolute atomic E-state index is 0.00195. The lowest BCUT2D eigenvalue weighted by atomic mass is 9.66. The molecular weight excluding hydrogens is 548 g/mol. The zero-order chi connectivity index (χ0) is 28.9. The second-order valence-corrected chi connectivity index (χ2v) is 10.6. The number of fused-ring (bicyclic) bond motifs is 1. The summed E-state index contributed by atoms with van der Waals surface area (Å²) in [7, 11) is 2.86. The van der Waals surface area contributed by atoms with Crippen molar-refractivity contribution in [2.24, 2.45) is 5.92 Å². The fraction of sp³-hybridized carbons (Fsp3) is 0.290. The Balaban J connectivity index is 1.43. The van der Waals surface area contributed by atoms with Crippen LogP contribution in [-0.2, 0) is 16.2 Å². The average Bonchev–Trinajstić information content (AvgIpc) is 3.30. The lowest BCUT2D eigenvalue weighted by Crippen LogP contribution is -2.59. The van der Waals surface area contributed by atoms with E-state index in [1.807, 2.05) is 36.4 Å². The highest BCUT2D eigenvalue weighted by Gasteiger charge is 2.63. The van der Waals surface area contributed by atoms with Gasteiger partial charge in [-0.05, 0) is 24.6 Å². The summed E-state index contributed by atoms with van der Waals surface area (Å²) >= 11 is 6.57. The maximum atomic E-state index is 14.6. The van der Waals surface area contributed by atoms with Gasteiger partial charge in [-0.25, -0.2) is 0 Å². The van der Waals surface area contributed by atoms with Crippen molar-refractivity contribution in [3.63, 3.8) is 0 Å². The number of nitrogens with zero attached hydrogens (tertiary/aromatic N) is 1. The van der Waals surface area contributed by atoms with Crippen LogP contribution in [0.5, 0.6) is 23.0 Å². The number of nitrogens with one attached hydrogen (secondary N) is 1. The smallest absolute Gasteiger partial charge is 0.236 e. The molecule has 1 N–H and O–H groups in total. The fourth-order valence-electron chi connectivity index (χ4n) is 5.99. The van der Waals surface area contributed by atoms with Gasteiger partial charge < -0.3 is 24.3 Å². The predicted octanol–water partition coefficient (Wildman–Crippen LogP) is 4.81. The average molecular weight is 575 g/mol. The first-order valence-corrected chi connectivity index (χ1v) is 13.6. The van der Waals surface area contributed by atoms with Gasteiger partial charge >= 0.3 is 0 Å². The molecule has 0 radical (unpaired) electrons. The van der Waals surface area contributed by atoms with Crippen molar-refractivity contribution >= 4 is 29.1 Å². The van der Waals surface area contributed by atoms with Crippen LogP contribution in [0, 0.1) is 5.92 Å². The molecule has 0 saturated heterocycles. The predicted molar refractivity (Wildman–Crippen MR) is 149 cm³/mol. The van der Waals surface area contributed by atoms with Crippen molar-refractivity contribution in [1.29, 1.82) is 0 Å². The van der Waals surface area contributed by atoms with E-state index < -0.39 is 29.0 Å². The number of ketones is 2. The molecule has 1 spiro atoms. The Bertz CT molecular complexity index is 1620. The first-order chi connectivity index (χ1) is 19.8. The zero-order valence-corrected chi connectivity index (χ0v) is 23.4. The Labute approximate surface area is 241 Å². The number of benzene rings is 2. The van der Waals surface area contributed by atoms with Gasteiger partial charge in [0, 0.05) is 47.4 Å². The Morgan fingerprint density at radius 1 is 1.00 bits per heavy atom. The number of ether oxygens (including phenoxy) is 4. The summed E-state index contributed by atoms with van der Waals surface area (Å²) in [6.45, 7) is 1.96. The SMILES string of the molecule is COc1cc(OC)c2c(c1Cl)O[C@@]1(C(=O)C3=C(C[C@H]1C)NC(=O)C[C@H]3c1ccccc1OCc1ccccn1)C2=O. The number of pyridine rings is 1. The number of halogens is 1. The quantitative estimate of drug-likeness (QED) is 0.417. The molecule has 1 aromatic heterocycles. The third-order valence-electron chi connectivity index (χ3n) is 7.95. The van der Waals surface area contributed by atoms with E-state index in [9.17, 15) is 14.4 Å². The first-order valence-electron chi connectivity index (χ1n) is 13.2. The van der Waals surface area contributed by atoms with Gasteiger partial charge in [-0.15, -0.1) is 0 Å². The molecule has 9 nitrogen and oxygen atoms in total. The minimum atomic E-state index is -1.88. The second kappa shape index (κ2) is 10.2. The van der Waals surface area contributed by atoms with Gasteiger partial charge in [0.15, 0.2) is 5.75 Å². The van der Waals surface area contributed by atoms with Crippen LogP contribution in [0.25, 0.3) is 0 Å². The molecule has 41 heavy (non-hydrogen) atoms. The lowest BCUT2D eigenvalue weighted by molar-refractivity contribution is -0.131. The molecule has 10 heteroatoms. The highest BCUT2D eigenvalue weighted by Crippen LogP contribution is 2.55. The van der Waals surface area contributed by atoms with E-state index in [0.717, 1.165) is 5.69 Å². The zero-order valence-electron chi connectivity index (χ0n) is 22.7. The van der Waals surface area contributed by atoms with Crippen molar-refractivity contribution < 1.29 is 33.3 Å². The number of rotatable bonds is 6. The van der Waals surface area contributed by atoms with E-state index in [-0.39, 0.29) is 53.2 Å². The van der Waals surface area contributed by atoms with E-state index in [2.05, 4.69) is 10.3 Å². The van der Waals surface area contributed by atoms with Crippen LogP contribution in [0.4, 0.5) is 0 Å². The van der Waals surface area contributed by atoms with Crippen LogP contribution < -0.4 is 24.3 Å². The summed E-state index contributed by atoms with van der Waals surface area (Å²) in [5.41, 5.74) is 0.405. The van der Waals surface area contributed by atoms with Gasteiger partial charge in [0.2, 0.25) is 23.1 Å². The molecule has 3 heterocycles. The van der Waals surface area contributed by atoms with Crippen molar-refractivity contribution in [2.45, 2.75) is 37.9 Å². The van der Waals surface area contributed by atoms with Crippen LogP contribution in [0.3, 0.4) is 0 Å². The summed E-state index contributed by atoms with van der Waals surface area (Å²) in [5, 5.41) is 2.96. The van der Waals surface area contributed by atoms with Crippen molar-refractivity contribution in [3.8, 4) is 23.0 Å². The van der Waals surface area contributed by atoms with Crippen LogP contribution >= 0.6 is 11.6 Å². The number of amides is 1. The monoisotopic (exact) mass is 574 g/mol. The molecule has 0 bridgehead atoms. The number of allylic oxidation sites excluding steroid dienone is 1. The van der Waals surface area contributed by atoms with Gasteiger partial charge in [-0.3, -0.25) is 19.4 Å². The van der Waals surface area contributed by atoms with E-state index in [1.165, 1.54) is 20.3 Å². The molecule has 3 aromatic rings. The Hall–Kier alpha value is -4.37. The molecule has 6 rings (SSSR count). The summed E-state index contributed by atoms with van der Waals surface area (Å²) in [6.07, 6.45) is 1.91. The van der Waals surface area contributed by atoms with Gasteiger partial charge in [-0.1, -0.05) is 42.8 Å². The number of methoxy groups -OCH3 is 2. The van der Waals surface area contributed by atoms with Crippen LogP contribution in [-0.4, -0.2) is 42.3 Å². The third kappa shape index (κ3) is 4.14. The number of carbonyl (C=O) groups is 3. The topological polar surface area (TPSA) is 113 Å². The highest BCUT2D eigenvalue weighted by atomic mass is 35.5. The maximum Gasteiger partial charge on any atom is 0.236 e. The molecule has 0 saturated carbocycles. The first kappa shape index (κ1) is 26.8. The maximum absolute atomic E-state index is 14.6. The van der Waals surface area contributed by atoms with Gasteiger partial charge in [0.1, 0.15) is 34.4 Å². The summed E-state index contributed by atoms with van der Waals surface area (Å²) in [4.78, 5) is 46.0. The van der Waals surface area contributed by atoms with E-state index >= 15 is 0 Å². The number of carbonyl (C=O) groups excluding carboxylic acids is 3. The molecule has 3 aliphatic rings. The van der Waals surface area contributed by atoms with Crippen molar-refractivity contribution in [2.75, 3.05) is 14.2 Å². The van der Waals surface area contributed by atoms with Crippen LogP contribution in [0.2, 0.25) is 5.02 Å². The largest absolute Gasteiger partial charge is 0.496 e. The molecule has 1 amide bonds. The van der Waals surface area contributed by atoms with Crippen LogP contribution in [0.15, 0.2) is 66.0 Å². The normalized spacial score (nSPS) is 23.1. The van der Waals surface area contributed by atoms with Gasteiger partial charge in [0.25, 0.3) is 0 Å². The highest BCUT2D eigenvalue weighted by molar-refractivity contribution is 6.36. The molecule has 2 aromatic carbocycles. The van der Waals surface area contributed by atoms with Gasteiger partial charge in [0.05, 0.1) is 19.9 Å². The Kier molecular flexibility index (Phi) is 6.69. The number of hydrogen-bond donors (Lipinski definition) is 1. The van der Waals surface area contributed by atoms with E-state index in [4.69, 9.17) is 30.5 Å². The summed E-state index contributed by atoms with van der Waals surface area (Å²) in [5.74, 6) is -1.54. The van der Waals surface area contributed by atoms with Crippen molar-refractivity contribution in [1.82, 2.24) is 10.3 Å². The summed E-state index contributed by atoms with van der Waals surface area (Å²) < 4.78 is 23.3. The Morgan fingerprint density at radius 2 is 1.76 bits per heavy atom. The molecule has 1 aliphatic carbocycles. The second-order valence-electron chi connectivity index (χ2n) is 10.2. The molecule has 0 unspecified atom stereocenters. The van der Waals surface area contributed by atoms with E-state index in [1.54, 1.807) is 19.2 Å². The number of aromatic nitrogens is 1. The summed E-state index contributed by atoms with van der Waals surface area (Å²) in [6, 6.07) is 14.3. The van der Waals surface area contributed by atoms with Crippen molar-refractivity contribution in [3.05, 3.63) is 87.8 Å². The number of para-hydroxylation sites is 1.